The van der Waals surface area contributed by atoms with Crippen LogP contribution in [0.15, 0.2) is 0 Å². The summed E-state index contributed by atoms with van der Waals surface area (Å²) in [5.41, 5.74) is -0.0684. The topological polar surface area (TPSA) is 41.6 Å². The first-order valence-corrected chi connectivity index (χ1v) is 5.15. The van der Waals surface area contributed by atoms with Gasteiger partial charge in [-0.2, -0.15) is 0 Å². The van der Waals surface area contributed by atoms with Crippen molar-refractivity contribution in [1.82, 2.24) is 10.2 Å². The molecule has 0 aromatic rings. The Balaban J connectivity index is 2.50. The zero-order chi connectivity index (χ0) is 10.6. The number of hydrogen-bond donors (Lipinski definition) is 1. The summed E-state index contributed by atoms with van der Waals surface area (Å²) in [7, 11) is 3.99. The van der Waals surface area contributed by atoms with Crippen LogP contribution >= 0.6 is 0 Å². The summed E-state index contributed by atoms with van der Waals surface area (Å²) in [6.07, 6.45) is 1.49. The number of carbonyl (C=O) groups excluding carboxylic acids is 1. The Morgan fingerprint density at radius 1 is 1.64 bits per heavy atom. The first-order chi connectivity index (χ1) is 6.62. The SMILES string of the molecule is CCOC(=O)CC1(NC)CCN(C)C1. The largest absolute Gasteiger partial charge is 0.466 e. The van der Waals surface area contributed by atoms with Crippen molar-refractivity contribution < 1.29 is 9.53 Å². The van der Waals surface area contributed by atoms with E-state index in [0.717, 1.165) is 19.5 Å². The molecule has 4 nitrogen and oxygen atoms in total. The van der Waals surface area contributed by atoms with Crippen LogP contribution in [0.5, 0.6) is 0 Å². The van der Waals surface area contributed by atoms with Crippen molar-refractivity contribution in [2.45, 2.75) is 25.3 Å². The van der Waals surface area contributed by atoms with Crippen LogP contribution in [0.4, 0.5) is 0 Å². The normalized spacial score (nSPS) is 27.9. The third kappa shape index (κ3) is 2.69. The van der Waals surface area contributed by atoms with Gasteiger partial charge in [-0.25, -0.2) is 0 Å². The van der Waals surface area contributed by atoms with Crippen LogP contribution in [0.25, 0.3) is 0 Å². The molecule has 0 aliphatic carbocycles. The Bertz CT molecular complexity index is 208. The van der Waals surface area contributed by atoms with Gasteiger partial charge < -0.3 is 15.0 Å². The van der Waals surface area contributed by atoms with Gasteiger partial charge in [0.2, 0.25) is 0 Å². The molecule has 82 valence electrons. The Labute approximate surface area is 85.6 Å². The summed E-state index contributed by atoms with van der Waals surface area (Å²) in [6, 6.07) is 0. The second kappa shape index (κ2) is 4.75. The van der Waals surface area contributed by atoms with E-state index in [2.05, 4.69) is 17.3 Å². The zero-order valence-corrected chi connectivity index (χ0v) is 9.30. The van der Waals surface area contributed by atoms with Gasteiger partial charge in [0.05, 0.1) is 13.0 Å². The lowest BCUT2D eigenvalue weighted by atomic mass is 9.94. The van der Waals surface area contributed by atoms with Gasteiger partial charge in [-0.15, -0.1) is 0 Å². The quantitative estimate of drug-likeness (QED) is 0.660. The maximum atomic E-state index is 11.4. The van der Waals surface area contributed by atoms with Gasteiger partial charge >= 0.3 is 5.97 Å². The second-order valence-electron chi connectivity index (χ2n) is 4.00. The van der Waals surface area contributed by atoms with E-state index >= 15 is 0 Å². The number of likely N-dealkylation sites (tertiary alicyclic amines) is 1. The van der Waals surface area contributed by atoms with E-state index in [1.807, 2.05) is 14.0 Å². The molecule has 1 saturated heterocycles. The first kappa shape index (κ1) is 11.5. The number of esters is 1. The van der Waals surface area contributed by atoms with Crippen molar-refractivity contribution in [2.75, 3.05) is 33.8 Å². The highest BCUT2D eigenvalue weighted by Crippen LogP contribution is 2.23. The number of likely N-dealkylation sites (N-methyl/N-ethyl adjacent to an activating group) is 2. The molecule has 0 saturated carbocycles. The molecule has 14 heavy (non-hydrogen) atoms. The average Bonchev–Trinajstić information content (AvgIpc) is 2.48. The van der Waals surface area contributed by atoms with Crippen molar-refractivity contribution in [1.29, 1.82) is 0 Å². The van der Waals surface area contributed by atoms with E-state index in [0.29, 0.717) is 13.0 Å². The number of nitrogens with one attached hydrogen (secondary N) is 1. The van der Waals surface area contributed by atoms with E-state index in [1.54, 1.807) is 0 Å². The van der Waals surface area contributed by atoms with Gasteiger partial charge in [0.25, 0.3) is 0 Å². The first-order valence-electron chi connectivity index (χ1n) is 5.15. The van der Waals surface area contributed by atoms with Gasteiger partial charge in [0.15, 0.2) is 0 Å². The highest BCUT2D eigenvalue weighted by molar-refractivity contribution is 5.71. The summed E-state index contributed by atoms with van der Waals surface area (Å²) in [5, 5.41) is 3.25. The fraction of sp³-hybridized carbons (Fsp3) is 0.900. The van der Waals surface area contributed by atoms with Crippen LogP contribution < -0.4 is 5.32 Å². The number of nitrogens with zero attached hydrogens (tertiary/aromatic N) is 1. The fourth-order valence-corrected chi connectivity index (χ4v) is 2.00. The summed E-state index contributed by atoms with van der Waals surface area (Å²) < 4.78 is 4.97. The van der Waals surface area contributed by atoms with E-state index in [4.69, 9.17) is 4.74 Å². The van der Waals surface area contributed by atoms with Crippen molar-refractivity contribution in [3.05, 3.63) is 0 Å². The molecule has 1 rings (SSSR count). The minimum atomic E-state index is -0.0999. The maximum Gasteiger partial charge on any atom is 0.307 e. The summed E-state index contributed by atoms with van der Waals surface area (Å²) in [5.74, 6) is -0.0999. The fourth-order valence-electron chi connectivity index (χ4n) is 2.00. The molecule has 0 amide bonds. The van der Waals surface area contributed by atoms with Crippen molar-refractivity contribution in [2.24, 2.45) is 0 Å². The third-order valence-electron chi connectivity index (χ3n) is 2.86. The Morgan fingerprint density at radius 2 is 2.36 bits per heavy atom. The van der Waals surface area contributed by atoms with Gasteiger partial charge in [-0.05, 0) is 34.0 Å². The van der Waals surface area contributed by atoms with Crippen molar-refractivity contribution >= 4 is 5.97 Å². The molecule has 0 radical (unpaired) electrons. The number of ether oxygens (including phenoxy) is 1. The molecule has 0 aromatic heterocycles. The van der Waals surface area contributed by atoms with E-state index in [1.165, 1.54) is 0 Å². The standard InChI is InChI=1S/C10H20N2O2/c1-4-14-9(13)7-10(11-2)5-6-12(3)8-10/h11H,4-8H2,1-3H3. The van der Waals surface area contributed by atoms with Gasteiger partial charge in [-0.1, -0.05) is 0 Å². The lowest BCUT2D eigenvalue weighted by molar-refractivity contribution is -0.144. The van der Waals surface area contributed by atoms with Crippen LogP contribution in [-0.4, -0.2) is 50.2 Å². The molecule has 1 aliphatic heterocycles. The van der Waals surface area contributed by atoms with Crippen molar-refractivity contribution in [3.8, 4) is 0 Å². The highest BCUT2D eigenvalue weighted by atomic mass is 16.5. The molecular weight excluding hydrogens is 180 g/mol. The van der Waals surface area contributed by atoms with Crippen LogP contribution in [0.3, 0.4) is 0 Å². The molecule has 0 aromatic carbocycles. The molecule has 1 unspecified atom stereocenters. The summed E-state index contributed by atoms with van der Waals surface area (Å²) in [6.45, 7) is 4.27. The number of rotatable bonds is 4. The number of hydrogen-bond acceptors (Lipinski definition) is 4. The minimum Gasteiger partial charge on any atom is -0.466 e. The molecule has 0 bridgehead atoms. The van der Waals surface area contributed by atoms with Crippen molar-refractivity contribution in [3.63, 3.8) is 0 Å². The summed E-state index contributed by atoms with van der Waals surface area (Å²) >= 11 is 0. The molecule has 1 aliphatic rings. The van der Waals surface area contributed by atoms with E-state index in [-0.39, 0.29) is 11.5 Å². The lowest BCUT2D eigenvalue weighted by Gasteiger charge is -2.27. The Hall–Kier alpha value is -0.610. The predicted molar refractivity (Wildman–Crippen MR) is 55.2 cm³/mol. The third-order valence-corrected chi connectivity index (χ3v) is 2.86. The van der Waals surface area contributed by atoms with Gasteiger partial charge in [-0.3, -0.25) is 4.79 Å². The van der Waals surface area contributed by atoms with Gasteiger partial charge in [0, 0.05) is 12.1 Å². The van der Waals surface area contributed by atoms with Crippen LogP contribution in [0.1, 0.15) is 19.8 Å². The molecule has 1 atom stereocenters. The maximum absolute atomic E-state index is 11.4. The monoisotopic (exact) mass is 200 g/mol. The van der Waals surface area contributed by atoms with Crippen LogP contribution in [0, 0.1) is 0 Å². The molecule has 4 heteroatoms. The Morgan fingerprint density at radius 3 is 2.79 bits per heavy atom. The van der Waals surface area contributed by atoms with Gasteiger partial charge in [0.1, 0.15) is 0 Å². The van der Waals surface area contributed by atoms with Crippen LogP contribution in [-0.2, 0) is 9.53 Å². The minimum absolute atomic E-state index is 0.0684. The molecule has 1 fully saturated rings. The zero-order valence-electron chi connectivity index (χ0n) is 9.30. The number of carbonyl (C=O) groups is 1. The molecular formula is C10H20N2O2. The predicted octanol–water partition coefficient (Wildman–Crippen LogP) is 0.233. The second-order valence-corrected chi connectivity index (χ2v) is 4.00. The molecule has 0 spiro atoms. The summed E-state index contributed by atoms with van der Waals surface area (Å²) in [4.78, 5) is 13.6. The van der Waals surface area contributed by atoms with E-state index < -0.39 is 0 Å². The van der Waals surface area contributed by atoms with Crippen LogP contribution in [0.2, 0.25) is 0 Å². The molecule has 1 heterocycles. The highest BCUT2D eigenvalue weighted by Gasteiger charge is 2.37. The Kier molecular flexibility index (Phi) is 3.89. The van der Waals surface area contributed by atoms with E-state index in [9.17, 15) is 4.79 Å². The smallest absolute Gasteiger partial charge is 0.307 e. The average molecular weight is 200 g/mol. The molecule has 1 N–H and O–H groups in total. The lowest BCUT2D eigenvalue weighted by Crippen LogP contribution is -2.47.